The average molecular weight is 298 g/mol. The molecule has 2 fully saturated rings. The molecule has 2 aliphatic rings. The van der Waals surface area contributed by atoms with Gasteiger partial charge in [0.05, 0.1) is 5.60 Å². The van der Waals surface area contributed by atoms with E-state index < -0.39 is 5.60 Å². The van der Waals surface area contributed by atoms with Gasteiger partial charge in [0.1, 0.15) is 5.60 Å². The van der Waals surface area contributed by atoms with Gasteiger partial charge in [-0.05, 0) is 66.0 Å². The number of amides is 1. The molecule has 0 saturated carbocycles. The van der Waals surface area contributed by atoms with Crippen LogP contribution in [-0.4, -0.2) is 55.0 Å². The highest BCUT2D eigenvalue weighted by molar-refractivity contribution is 5.69. The summed E-state index contributed by atoms with van der Waals surface area (Å²) in [6.07, 6.45) is 4.89. The Balaban J connectivity index is 1.99. The van der Waals surface area contributed by atoms with Crippen molar-refractivity contribution in [2.75, 3.05) is 26.7 Å². The monoisotopic (exact) mass is 298 g/mol. The van der Waals surface area contributed by atoms with Crippen LogP contribution >= 0.6 is 0 Å². The normalized spacial score (nSPS) is 25.9. The van der Waals surface area contributed by atoms with Crippen LogP contribution in [0.3, 0.4) is 0 Å². The summed E-state index contributed by atoms with van der Waals surface area (Å²) >= 11 is 0. The van der Waals surface area contributed by atoms with Crippen LogP contribution in [0.1, 0.15) is 52.9 Å². The van der Waals surface area contributed by atoms with Crippen LogP contribution in [-0.2, 0) is 9.47 Å². The maximum absolute atomic E-state index is 12.4. The lowest BCUT2D eigenvalue weighted by Crippen LogP contribution is -2.49. The second-order valence-electron chi connectivity index (χ2n) is 7.31. The van der Waals surface area contributed by atoms with Crippen molar-refractivity contribution in [1.29, 1.82) is 0 Å². The molecule has 1 amide bonds. The van der Waals surface area contributed by atoms with E-state index in [4.69, 9.17) is 9.47 Å². The molecule has 0 radical (unpaired) electrons. The highest BCUT2D eigenvalue weighted by Gasteiger charge is 2.40. The number of hydrogen-bond acceptors (Lipinski definition) is 4. The molecule has 0 bridgehead atoms. The predicted molar refractivity (Wildman–Crippen MR) is 82.4 cm³/mol. The van der Waals surface area contributed by atoms with Crippen LogP contribution in [0.5, 0.6) is 0 Å². The van der Waals surface area contributed by atoms with Crippen molar-refractivity contribution in [2.45, 2.75) is 70.1 Å². The lowest BCUT2D eigenvalue weighted by atomic mass is 9.85. The van der Waals surface area contributed by atoms with Gasteiger partial charge in [0.25, 0.3) is 0 Å². The third-order valence-corrected chi connectivity index (χ3v) is 4.56. The van der Waals surface area contributed by atoms with Gasteiger partial charge in [0.15, 0.2) is 0 Å². The van der Waals surface area contributed by atoms with Crippen molar-refractivity contribution >= 4 is 6.09 Å². The molecule has 5 heteroatoms. The van der Waals surface area contributed by atoms with E-state index in [-0.39, 0.29) is 17.7 Å². The summed E-state index contributed by atoms with van der Waals surface area (Å²) in [7, 11) is 1.80. The van der Waals surface area contributed by atoms with Crippen LogP contribution in [0.15, 0.2) is 0 Å². The zero-order chi connectivity index (χ0) is 15.5. The van der Waals surface area contributed by atoms with Gasteiger partial charge >= 0.3 is 6.09 Å². The molecule has 1 unspecified atom stereocenters. The van der Waals surface area contributed by atoms with Gasteiger partial charge in [0.2, 0.25) is 0 Å². The molecule has 1 N–H and O–H groups in total. The molecule has 0 aliphatic carbocycles. The second kappa shape index (κ2) is 6.53. The molecule has 2 aliphatic heterocycles. The summed E-state index contributed by atoms with van der Waals surface area (Å²) in [5.41, 5.74) is -0.515. The van der Waals surface area contributed by atoms with Crippen LogP contribution in [0, 0.1) is 0 Å². The quantitative estimate of drug-likeness (QED) is 0.870. The first-order valence-electron chi connectivity index (χ1n) is 8.11. The Bertz CT molecular complexity index is 359. The van der Waals surface area contributed by atoms with Gasteiger partial charge in [-0.15, -0.1) is 0 Å². The summed E-state index contributed by atoms with van der Waals surface area (Å²) < 4.78 is 11.4. The van der Waals surface area contributed by atoms with E-state index in [2.05, 4.69) is 5.32 Å². The van der Waals surface area contributed by atoms with E-state index in [1.165, 1.54) is 0 Å². The Labute approximate surface area is 128 Å². The van der Waals surface area contributed by atoms with E-state index in [1.54, 1.807) is 7.11 Å². The molecule has 0 aromatic rings. The van der Waals surface area contributed by atoms with E-state index in [1.807, 2.05) is 25.7 Å². The van der Waals surface area contributed by atoms with E-state index in [0.717, 1.165) is 51.7 Å². The Kier molecular flexibility index (Phi) is 5.15. The lowest BCUT2D eigenvalue weighted by molar-refractivity contribution is -0.0558. The van der Waals surface area contributed by atoms with Gasteiger partial charge in [-0.25, -0.2) is 4.79 Å². The van der Waals surface area contributed by atoms with Crippen LogP contribution < -0.4 is 5.32 Å². The SMILES string of the molecule is COC1(CC2CCCN2C(=O)OC(C)(C)C)CCNCC1. The topological polar surface area (TPSA) is 50.8 Å². The van der Waals surface area contributed by atoms with E-state index in [0.29, 0.717) is 0 Å². The number of hydrogen-bond donors (Lipinski definition) is 1. The minimum atomic E-state index is -0.433. The first-order valence-corrected chi connectivity index (χ1v) is 8.11. The molecule has 5 nitrogen and oxygen atoms in total. The first kappa shape index (κ1) is 16.6. The van der Waals surface area contributed by atoms with Crippen molar-refractivity contribution in [1.82, 2.24) is 10.2 Å². The fourth-order valence-corrected chi connectivity index (χ4v) is 3.41. The minimum absolute atomic E-state index is 0.0828. The summed E-state index contributed by atoms with van der Waals surface area (Å²) in [6.45, 7) is 8.54. The molecule has 122 valence electrons. The summed E-state index contributed by atoms with van der Waals surface area (Å²) in [6, 6.07) is 0.248. The molecule has 0 spiro atoms. The van der Waals surface area contributed by atoms with Gasteiger partial charge in [-0.1, -0.05) is 0 Å². The highest BCUT2D eigenvalue weighted by atomic mass is 16.6. The maximum atomic E-state index is 12.4. The third-order valence-electron chi connectivity index (χ3n) is 4.56. The van der Waals surface area contributed by atoms with E-state index >= 15 is 0 Å². The van der Waals surface area contributed by atoms with Gasteiger partial charge < -0.3 is 19.7 Å². The number of ether oxygens (including phenoxy) is 2. The predicted octanol–water partition coefficient (Wildman–Crippen LogP) is 2.54. The number of carbonyl (C=O) groups excluding carboxylic acids is 1. The van der Waals surface area contributed by atoms with Gasteiger partial charge in [0, 0.05) is 19.7 Å². The Hall–Kier alpha value is -0.810. The molecular weight excluding hydrogens is 268 g/mol. The number of methoxy groups -OCH3 is 1. The smallest absolute Gasteiger partial charge is 0.410 e. The van der Waals surface area contributed by atoms with Gasteiger partial charge in [-0.3, -0.25) is 0 Å². The first-order chi connectivity index (χ1) is 9.85. The number of nitrogens with one attached hydrogen (secondary N) is 1. The van der Waals surface area contributed by atoms with Crippen molar-refractivity contribution in [3.8, 4) is 0 Å². The number of piperidine rings is 1. The Morgan fingerprint density at radius 3 is 2.57 bits per heavy atom. The minimum Gasteiger partial charge on any atom is -0.444 e. The summed E-state index contributed by atoms with van der Waals surface area (Å²) in [5.74, 6) is 0. The summed E-state index contributed by atoms with van der Waals surface area (Å²) in [5, 5.41) is 3.38. The van der Waals surface area contributed by atoms with Crippen molar-refractivity contribution in [3.05, 3.63) is 0 Å². The van der Waals surface area contributed by atoms with Crippen LogP contribution in [0.25, 0.3) is 0 Å². The number of likely N-dealkylation sites (tertiary alicyclic amines) is 1. The largest absolute Gasteiger partial charge is 0.444 e. The van der Waals surface area contributed by atoms with Crippen molar-refractivity contribution in [3.63, 3.8) is 0 Å². The maximum Gasteiger partial charge on any atom is 0.410 e. The molecule has 0 aromatic heterocycles. The zero-order valence-corrected chi connectivity index (χ0v) is 13.9. The molecule has 2 saturated heterocycles. The molecule has 0 aromatic carbocycles. The number of nitrogens with zero attached hydrogens (tertiary/aromatic N) is 1. The second-order valence-corrected chi connectivity index (χ2v) is 7.31. The van der Waals surface area contributed by atoms with Crippen molar-refractivity contribution < 1.29 is 14.3 Å². The standard InChI is InChI=1S/C16H30N2O3/c1-15(2,3)21-14(19)18-11-5-6-13(18)12-16(20-4)7-9-17-10-8-16/h13,17H,5-12H2,1-4H3. The highest BCUT2D eigenvalue weighted by Crippen LogP contribution is 2.33. The van der Waals surface area contributed by atoms with Crippen LogP contribution in [0.2, 0.25) is 0 Å². The summed E-state index contributed by atoms with van der Waals surface area (Å²) in [4.78, 5) is 14.3. The molecular formula is C16H30N2O3. The molecule has 2 rings (SSSR count). The Morgan fingerprint density at radius 2 is 2.00 bits per heavy atom. The van der Waals surface area contributed by atoms with E-state index in [9.17, 15) is 4.79 Å². The molecule has 2 heterocycles. The lowest BCUT2D eigenvalue weighted by Gasteiger charge is -2.40. The fourth-order valence-electron chi connectivity index (χ4n) is 3.41. The van der Waals surface area contributed by atoms with Gasteiger partial charge in [-0.2, -0.15) is 0 Å². The third kappa shape index (κ3) is 4.33. The Morgan fingerprint density at radius 1 is 1.33 bits per heavy atom. The molecule has 1 atom stereocenters. The molecule has 21 heavy (non-hydrogen) atoms. The fraction of sp³-hybridized carbons (Fsp3) is 0.938. The number of carbonyl (C=O) groups is 1. The average Bonchev–Trinajstić information content (AvgIpc) is 2.86. The zero-order valence-electron chi connectivity index (χ0n) is 13.9. The van der Waals surface area contributed by atoms with Crippen molar-refractivity contribution in [2.24, 2.45) is 0 Å². The van der Waals surface area contributed by atoms with Crippen LogP contribution in [0.4, 0.5) is 4.79 Å². The number of rotatable bonds is 3.